The van der Waals surface area contributed by atoms with Crippen molar-refractivity contribution in [1.29, 1.82) is 0 Å². The Bertz CT molecular complexity index is 2800. The molecule has 3 heteroatoms. The average Bonchev–Trinajstić information content (AvgIpc) is 3.52. The Morgan fingerprint density at radius 1 is 0.439 bits per heavy atom. The van der Waals surface area contributed by atoms with Gasteiger partial charge in [0.1, 0.15) is 0 Å². The first-order valence-electron chi connectivity index (χ1n) is 19.6. The molecule has 7 aromatic carbocycles. The van der Waals surface area contributed by atoms with Crippen LogP contribution in [0.3, 0.4) is 0 Å². The fourth-order valence-electron chi connectivity index (χ4n) is 8.45. The van der Waals surface area contributed by atoms with Crippen LogP contribution in [0.25, 0.3) is 66.6 Å². The summed E-state index contributed by atoms with van der Waals surface area (Å²) >= 11 is 0. The Labute approximate surface area is 334 Å². The minimum Gasteiger partial charge on any atom is -0.659 e. The third-order valence-electron chi connectivity index (χ3n) is 11.5. The molecule has 10 rings (SSSR count). The molecular weight excluding hydrogens is 691 g/mol. The van der Waals surface area contributed by atoms with E-state index in [2.05, 4.69) is 195 Å². The Morgan fingerprint density at radius 3 is 1.70 bits per heavy atom. The molecule has 1 aliphatic carbocycles. The largest absolute Gasteiger partial charge is 0.659 e. The third kappa shape index (κ3) is 6.47. The smallest absolute Gasteiger partial charge is 0.0623 e. The predicted octanol–water partition coefficient (Wildman–Crippen LogP) is 14.0. The van der Waals surface area contributed by atoms with Crippen molar-refractivity contribution in [2.75, 3.05) is 0 Å². The molecule has 0 fully saturated rings. The Hall–Kier alpha value is -7.10. The van der Waals surface area contributed by atoms with Crippen molar-refractivity contribution < 1.29 is 0 Å². The van der Waals surface area contributed by atoms with Crippen molar-refractivity contribution in [3.63, 3.8) is 0 Å². The molecule has 57 heavy (non-hydrogen) atoms. The molecule has 3 nitrogen and oxygen atoms in total. The highest BCUT2D eigenvalue weighted by Gasteiger charge is 2.35. The molecule has 0 saturated heterocycles. The van der Waals surface area contributed by atoms with Gasteiger partial charge < -0.3 is 5.32 Å². The molecule has 1 aliphatic heterocycles. The van der Waals surface area contributed by atoms with E-state index in [-0.39, 0.29) is 11.6 Å². The molecule has 2 heterocycles. The molecule has 0 saturated carbocycles. The Balaban J connectivity index is 1.12. The molecule has 1 atom stereocenters. The summed E-state index contributed by atoms with van der Waals surface area (Å²) in [5, 5.41) is 5.24. The predicted molar refractivity (Wildman–Crippen MR) is 237 cm³/mol. The van der Waals surface area contributed by atoms with Crippen LogP contribution in [0.15, 0.2) is 205 Å². The summed E-state index contributed by atoms with van der Waals surface area (Å²) in [6.07, 6.45) is 5.51. The molecule has 0 bridgehead atoms. The maximum absolute atomic E-state index is 5.36. The molecule has 0 radical (unpaired) electrons. The fourth-order valence-corrected chi connectivity index (χ4v) is 8.45. The number of aromatic nitrogens is 1. The van der Waals surface area contributed by atoms with E-state index in [4.69, 9.17) is 10.3 Å². The maximum atomic E-state index is 5.36. The first-order valence-corrected chi connectivity index (χ1v) is 19.6. The SMILES string of the molecule is CC1(C)c2ccccc2-c2cc(-c3cc(C4=NC(c5ccccc5)[N-]C(c5ccc(-c6ccccc6)cc5)=C4)cc(-c4ccc(-c5cccnc5)cc4)c3)ccc21. The highest BCUT2D eigenvalue weighted by Crippen LogP contribution is 2.50. The quantitative estimate of drug-likeness (QED) is 0.161. The van der Waals surface area contributed by atoms with Crippen molar-refractivity contribution in [1.82, 2.24) is 4.98 Å². The van der Waals surface area contributed by atoms with Crippen molar-refractivity contribution in [2.24, 2.45) is 4.99 Å². The van der Waals surface area contributed by atoms with Crippen LogP contribution in [0.2, 0.25) is 0 Å². The normalized spacial score (nSPS) is 15.2. The number of rotatable bonds is 7. The van der Waals surface area contributed by atoms with Gasteiger partial charge in [0.2, 0.25) is 0 Å². The zero-order valence-electron chi connectivity index (χ0n) is 32.0. The number of allylic oxidation sites excluding steroid dienone is 1. The summed E-state index contributed by atoms with van der Waals surface area (Å²) < 4.78 is 0. The topological polar surface area (TPSA) is 39.4 Å². The lowest BCUT2D eigenvalue weighted by atomic mass is 9.82. The van der Waals surface area contributed by atoms with E-state index in [0.29, 0.717) is 0 Å². The number of benzene rings is 7. The second kappa shape index (κ2) is 14.2. The van der Waals surface area contributed by atoms with Gasteiger partial charge in [-0.25, -0.2) is 0 Å². The summed E-state index contributed by atoms with van der Waals surface area (Å²) in [5.41, 5.74) is 19.5. The summed E-state index contributed by atoms with van der Waals surface area (Å²) in [5.74, 6) is 0. The fraction of sp³-hybridized carbons (Fsp3) is 0.0741. The van der Waals surface area contributed by atoms with Gasteiger partial charge in [-0.3, -0.25) is 9.98 Å². The third-order valence-corrected chi connectivity index (χ3v) is 11.5. The summed E-state index contributed by atoms with van der Waals surface area (Å²) in [4.78, 5) is 9.71. The molecule has 0 N–H and O–H groups in total. The second-order valence-corrected chi connectivity index (χ2v) is 15.4. The number of hydrogen-bond acceptors (Lipinski definition) is 2. The van der Waals surface area contributed by atoms with Gasteiger partial charge in [0.25, 0.3) is 0 Å². The Kier molecular flexibility index (Phi) is 8.57. The highest BCUT2D eigenvalue weighted by molar-refractivity contribution is 6.15. The highest BCUT2D eigenvalue weighted by atomic mass is 15.1. The van der Waals surface area contributed by atoms with Crippen LogP contribution >= 0.6 is 0 Å². The van der Waals surface area contributed by atoms with Crippen LogP contribution in [0.4, 0.5) is 0 Å². The molecular formula is C54H40N3-. The summed E-state index contributed by atoms with van der Waals surface area (Å²) in [6, 6.07) is 65.3. The molecule has 2 aliphatic rings. The number of nitrogens with zero attached hydrogens (tertiary/aromatic N) is 3. The standard InChI is InChI=1S/C54H40N3/c1-54(2)49-18-10-9-17-47(49)48-33-42(27-28-50(48)54)45-30-44(39-21-19-38(20-22-39)43-16-11-29-55-35-43)31-46(32-45)52-34-51(56-53(57-52)41-14-7-4-8-15-41)40-25-23-37(24-26-40)36-12-5-3-6-13-36/h3-35,53H,1-2H3/q-1. The lowest BCUT2D eigenvalue weighted by molar-refractivity contribution is 0.660. The number of hydrogen-bond donors (Lipinski definition) is 0. The second-order valence-electron chi connectivity index (χ2n) is 15.4. The zero-order valence-corrected chi connectivity index (χ0v) is 32.0. The van der Waals surface area contributed by atoms with E-state index < -0.39 is 0 Å². The van der Waals surface area contributed by atoms with Gasteiger partial charge >= 0.3 is 0 Å². The molecule has 0 amide bonds. The lowest BCUT2D eigenvalue weighted by Gasteiger charge is -2.37. The molecule has 1 unspecified atom stereocenters. The lowest BCUT2D eigenvalue weighted by Crippen LogP contribution is -2.14. The number of aliphatic imine (C=N–C) groups is 1. The van der Waals surface area contributed by atoms with Crippen LogP contribution in [-0.4, -0.2) is 10.7 Å². The molecule has 1 aromatic heterocycles. The van der Waals surface area contributed by atoms with Gasteiger partial charge in [0.15, 0.2) is 0 Å². The van der Waals surface area contributed by atoms with Crippen molar-refractivity contribution in [3.05, 3.63) is 234 Å². The van der Waals surface area contributed by atoms with Crippen LogP contribution in [-0.2, 0) is 5.41 Å². The van der Waals surface area contributed by atoms with Crippen molar-refractivity contribution >= 4 is 11.4 Å². The minimum absolute atomic E-state index is 0.0548. The summed E-state index contributed by atoms with van der Waals surface area (Å²) in [7, 11) is 0. The molecule has 272 valence electrons. The van der Waals surface area contributed by atoms with Gasteiger partial charge in [0, 0.05) is 29.5 Å². The summed E-state index contributed by atoms with van der Waals surface area (Å²) in [6.45, 7) is 4.67. The minimum atomic E-state index is -0.375. The van der Waals surface area contributed by atoms with E-state index >= 15 is 0 Å². The number of pyridine rings is 1. The zero-order chi connectivity index (χ0) is 38.3. The molecule has 8 aromatic rings. The van der Waals surface area contributed by atoms with E-state index in [0.717, 1.165) is 55.9 Å². The van der Waals surface area contributed by atoms with Crippen LogP contribution < -0.4 is 0 Å². The van der Waals surface area contributed by atoms with Crippen LogP contribution in [0.5, 0.6) is 0 Å². The van der Waals surface area contributed by atoms with Gasteiger partial charge in [-0.05, 0) is 108 Å². The van der Waals surface area contributed by atoms with E-state index in [9.17, 15) is 0 Å². The van der Waals surface area contributed by atoms with Crippen LogP contribution in [0, 0.1) is 0 Å². The first kappa shape index (κ1) is 34.4. The van der Waals surface area contributed by atoms with Crippen LogP contribution in [0.1, 0.15) is 47.8 Å². The van der Waals surface area contributed by atoms with Gasteiger partial charge in [-0.2, -0.15) is 0 Å². The van der Waals surface area contributed by atoms with E-state index in [1.165, 1.54) is 38.9 Å². The van der Waals surface area contributed by atoms with Gasteiger partial charge in [-0.15, -0.1) is 5.70 Å². The van der Waals surface area contributed by atoms with Crippen molar-refractivity contribution in [3.8, 4) is 55.6 Å². The Morgan fingerprint density at radius 2 is 0.982 bits per heavy atom. The van der Waals surface area contributed by atoms with E-state index in [1.54, 1.807) is 0 Å². The van der Waals surface area contributed by atoms with Gasteiger partial charge in [0.05, 0.1) is 5.71 Å². The first-order chi connectivity index (χ1) is 28.0. The monoisotopic (exact) mass is 730 g/mol. The van der Waals surface area contributed by atoms with Crippen molar-refractivity contribution in [2.45, 2.75) is 25.4 Å². The average molecular weight is 731 g/mol. The number of fused-ring (bicyclic) bond motifs is 3. The maximum Gasteiger partial charge on any atom is 0.0623 e. The van der Waals surface area contributed by atoms with Gasteiger partial charge in [-0.1, -0.05) is 172 Å². The van der Waals surface area contributed by atoms with E-state index in [1.807, 2.05) is 24.5 Å². The molecule has 0 spiro atoms.